The standard InChI is InChI=1S/C9H11F3/c1-2-7-4-3-5-8(6-7)9(10,11)12/h1,7-8H,3-6H2/t7-,8+/m1/s1. The van der Waals surface area contributed by atoms with E-state index in [0.717, 1.165) is 6.42 Å². The predicted molar refractivity (Wildman–Crippen MR) is 40.3 cm³/mol. The van der Waals surface area contributed by atoms with Crippen LogP contribution in [0.4, 0.5) is 13.2 Å². The molecule has 1 fully saturated rings. The first-order chi connectivity index (χ1) is 5.54. The van der Waals surface area contributed by atoms with Gasteiger partial charge in [-0.25, -0.2) is 0 Å². The molecule has 2 atom stereocenters. The maximum Gasteiger partial charge on any atom is 0.391 e. The molecule has 1 aliphatic carbocycles. The molecule has 0 radical (unpaired) electrons. The molecule has 0 aromatic rings. The van der Waals surface area contributed by atoms with Crippen LogP contribution in [-0.2, 0) is 0 Å². The summed E-state index contributed by atoms with van der Waals surface area (Å²) in [5.74, 6) is 1.08. The number of halogens is 3. The Bertz CT molecular complexity index is 187. The SMILES string of the molecule is C#C[C@@H]1CCC[C@H](C(F)(F)F)C1. The lowest BCUT2D eigenvalue weighted by Gasteiger charge is -2.27. The van der Waals surface area contributed by atoms with E-state index in [1.54, 1.807) is 0 Å². The van der Waals surface area contributed by atoms with Crippen molar-refractivity contribution < 1.29 is 13.2 Å². The normalized spacial score (nSPS) is 31.2. The molecule has 0 N–H and O–H groups in total. The number of hydrogen-bond acceptors (Lipinski definition) is 0. The van der Waals surface area contributed by atoms with Crippen LogP contribution >= 0.6 is 0 Å². The molecule has 0 amide bonds. The summed E-state index contributed by atoms with van der Waals surface area (Å²) in [6.45, 7) is 0. The largest absolute Gasteiger partial charge is 0.391 e. The van der Waals surface area contributed by atoms with E-state index in [0.29, 0.717) is 6.42 Å². The Morgan fingerprint density at radius 1 is 1.25 bits per heavy atom. The summed E-state index contributed by atoms with van der Waals surface area (Å²) in [4.78, 5) is 0. The molecule has 0 aliphatic heterocycles. The van der Waals surface area contributed by atoms with Gasteiger partial charge in [-0.1, -0.05) is 6.42 Å². The van der Waals surface area contributed by atoms with Crippen LogP contribution in [0.15, 0.2) is 0 Å². The number of terminal acetylenes is 1. The molecule has 1 rings (SSSR count). The summed E-state index contributed by atoms with van der Waals surface area (Å²) in [6.07, 6.45) is 2.79. The summed E-state index contributed by atoms with van der Waals surface area (Å²) in [6, 6.07) is 0. The number of alkyl halides is 3. The molecule has 0 saturated heterocycles. The molecule has 0 aromatic carbocycles. The van der Waals surface area contributed by atoms with Gasteiger partial charge in [-0.15, -0.1) is 12.3 Å². The zero-order valence-corrected chi connectivity index (χ0v) is 6.69. The van der Waals surface area contributed by atoms with E-state index in [-0.39, 0.29) is 18.8 Å². The Morgan fingerprint density at radius 3 is 2.42 bits per heavy atom. The quantitative estimate of drug-likeness (QED) is 0.498. The predicted octanol–water partition coefficient (Wildman–Crippen LogP) is 2.99. The zero-order valence-electron chi connectivity index (χ0n) is 6.69. The third-order valence-electron chi connectivity index (χ3n) is 2.37. The Balaban J connectivity index is 2.53. The summed E-state index contributed by atoms with van der Waals surface area (Å²) in [5.41, 5.74) is 0. The maximum absolute atomic E-state index is 12.2. The number of rotatable bonds is 0. The van der Waals surface area contributed by atoms with Crippen LogP contribution in [0.5, 0.6) is 0 Å². The molecule has 0 aromatic heterocycles. The van der Waals surface area contributed by atoms with Gasteiger partial charge in [-0.2, -0.15) is 13.2 Å². The second-order valence-corrected chi connectivity index (χ2v) is 3.27. The molecule has 1 aliphatic rings. The summed E-state index contributed by atoms with van der Waals surface area (Å²) < 4.78 is 36.5. The van der Waals surface area contributed by atoms with Crippen LogP contribution in [0.3, 0.4) is 0 Å². The van der Waals surface area contributed by atoms with E-state index in [2.05, 4.69) is 5.92 Å². The van der Waals surface area contributed by atoms with Crippen LogP contribution < -0.4 is 0 Å². The Labute approximate surface area is 70.1 Å². The summed E-state index contributed by atoms with van der Waals surface area (Å²) >= 11 is 0. The fourth-order valence-corrected chi connectivity index (χ4v) is 1.64. The molecule has 68 valence electrons. The van der Waals surface area contributed by atoms with Gasteiger partial charge >= 0.3 is 6.18 Å². The monoisotopic (exact) mass is 176 g/mol. The van der Waals surface area contributed by atoms with Crippen molar-refractivity contribution in [2.24, 2.45) is 11.8 Å². The molecular formula is C9H11F3. The van der Waals surface area contributed by atoms with E-state index in [1.165, 1.54) is 0 Å². The van der Waals surface area contributed by atoms with E-state index in [4.69, 9.17) is 6.42 Å². The van der Waals surface area contributed by atoms with Gasteiger partial charge in [0.15, 0.2) is 0 Å². The van der Waals surface area contributed by atoms with Gasteiger partial charge in [-0.05, 0) is 19.3 Å². The molecule has 0 nitrogen and oxygen atoms in total. The average molecular weight is 176 g/mol. The van der Waals surface area contributed by atoms with Crippen molar-refractivity contribution in [2.75, 3.05) is 0 Å². The second kappa shape index (κ2) is 3.38. The van der Waals surface area contributed by atoms with Crippen molar-refractivity contribution in [3.05, 3.63) is 0 Å². The van der Waals surface area contributed by atoms with Gasteiger partial charge < -0.3 is 0 Å². The highest BCUT2D eigenvalue weighted by molar-refractivity contribution is 4.96. The van der Waals surface area contributed by atoms with Crippen molar-refractivity contribution >= 4 is 0 Å². The molecule has 0 unspecified atom stereocenters. The van der Waals surface area contributed by atoms with Gasteiger partial charge in [-0.3, -0.25) is 0 Å². The Morgan fingerprint density at radius 2 is 1.92 bits per heavy atom. The lowest BCUT2D eigenvalue weighted by atomic mass is 9.81. The van der Waals surface area contributed by atoms with Gasteiger partial charge in [0.2, 0.25) is 0 Å². The highest BCUT2D eigenvalue weighted by Crippen LogP contribution is 2.39. The molecule has 12 heavy (non-hydrogen) atoms. The molecular weight excluding hydrogens is 165 g/mol. The van der Waals surface area contributed by atoms with E-state index >= 15 is 0 Å². The van der Waals surface area contributed by atoms with E-state index in [9.17, 15) is 13.2 Å². The third-order valence-corrected chi connectivity index (χ3v) is 2.37. The first-order valence-corrected chi connectivity index (χ1v) is 4.07. The van der Waals surface area contributed by atoms with Crippen LogP contribution in [0.1, 0.15) is 25.7 Å². The second-order valence-electron chi connectivity index (χ2n) is 3.27. The first-order valence-electron chi connectivity index (χ1n) is 4.07. The topological polar surface area (TPSA) is 0 Å². The molecule has 0 bridgehead atoms. The molecule has 3 heteroatoms. The fourth-order valence-electron chi connectivity index (χ4n) is 1.64. The van der Waals surface area contributed by atoms with Crippen LogP contribution in [0.25, 0.3) is 0 Å². The van der Waals surface area contributed by atoms with E-state index in [1.807, 2.05) is 0 Å². The van der Waals surface area contributed by atoms with Gasteiger partial charge in [0.25, 0.3) is 0 Å². The van der Waals surface area contributed by atoms with Crippen molar-refractivity contribution in [1.29, 1.82) is 0 Å². The van der Waals surface area contributed by atoms with Gasteiger partial charge in [0.1, 0.15) is 0 Å². The van der Waals surface area contributed by atoms with Crippen molar-refractivity contribution in [3.63, 3.8) is 0 Å². The van der Waals surface area contributed by atoms with Gasteiger partial charge in [0.05, 0.1) is 5.92 Å². The summed E-state index contributed by atoms with van der Waals surface area (Å²) in [5, 5.41) is 0. The lowest BCUT2D eigenvalue weighted by Crippen LogP contribution is -2.28. The molecule has 1 saturated carbocycles. The fraction of sp³-hybridized carbons (Fsp3) is 0.778. The van der Waals surface area contributed by atoms with Crippen molar-refractivity contribution in [3.8, 4) is 12.3 Å². The third kappa shape index (κ3) is 2.17. The Hall–Kier alpha value is -0.650. The molecule has 0 spiro atoms. The molecule has 0 heterocycles. The minimum absolute atomic E-state index is 0.125. The van der Waals surface area contributed by atoms with Crippen molar-refractivity contribution in [2.45, 2.75) is 31.9 Å². The average Bonchev–Trinajstić information content (AvgIpc) is 2.03. The summed E-state index contributed by atoms with van der Waals surface area (Å²) in [7, 11) is 0. The minimum atomic E-state index is -4.05. The maximum atomic E-state index is 12.2. The smallest absolute Gasteiger partial charge is 0.171 e. The zero-order chi connectivity index (χ0) is 9.19. The first kappa shape index (κ1) is 9.44. The highest BCUT2D eigenvalue weighted by Gasteiger charge is 2.41. The Kier molecular flexibility index (Phi) is 2.66. The van der Waals surface area contributed by atoms with Crippen molar-refractivity contribution in [1.82, 2.24) is 0 Å². The van der Waals surface area contributed by atoms with Gasteiger partial charge in [0, 0.05) is 5.92 Å². The van der Waals surface area contributed by atoms with Crippen LogP contribution in [0, 0.1) is 24.2 Å². The van der Waals surface area contributed by atoms with Crippen LogP contribution in [0.2, 0.25) is 0 Å². The van der Waals surface area contributed by atoms with Crippen LogP contribution in [-0.4, -0.2) is 6.18 Å². The minimum Gasteiger partial charge on any atom is -0.171 e. The lowest BCUT2D eigenvalue weighted by molar-refractivity contribution is -0.184. The number of hydrogen-bond donors (Lipinski definition) is 0. The highest BCUT2D eigenvalue weighted by atomic mass is 19.4. The van der Waals surface area contributed by atoms with E-state index < -0.39 is 12.1 Å².